The smallest absolute Gasteiger partial charge is 0.327 e. The highest BCUT2D eigenvalue weighted by molar-refractivity contribution is 7.12. The van der Waals surface area contributed by atoms with E-state index in [2.05, 4.69) is 5.32 Å². The average molecular weight is 227 g/mol. The van der Waals surface area contributed by atoms with E-state index in [1.165, 1.54) is 16.9 Å². The van der Waals surface area contributed by atoms with Gasteiger partial charge in [-0.1, -0.05) is 6.92 Å². The lowest BCUT2D eigenvalue weighted by Crippen LogP contribution is -2.29. The van der Waals surface area contributed by atoms with Crippen molar-refractivity contribution in [2.75, 3.05) is 13.7 Å². The molecule has 0 amide bonds. The van der Waals surface area contributed by atoms with Crippen molar-refractivity contribution in [3.63, 3.8) is 0 Å². The Hall–Kier alpha value is -0.870. The Balaban J connectivity index is 2.98. The number of thiophene rings is 1. The van der Waals surface area contributed by atoms with Crippen LogP contribution in [0, 0.1) is 13.8 Å². The van der Waals surface area contributed by atoms with E-state index >= 15 is 0 Å². The van der Waals surface area contributed by atoms with E-state index in [-0.39, 0.29) is 12.0 Å². The zero-order chi connectivity index (χ0) is 11.4. The largest absolute Gasteiger partial charge is 0.468 e. The predicted octanol–water partition coefficient (Wildman–Crippen LogP) is 2.19. The van der Waals surface area contributed by atoms with Crippen LogP contribution in [-0.2, 0) is 9.53 Å². The molecule has 0 radical (unpaired) electrons. The third kappa shape index (κ3) is 2.79. The lowest BCUT2D eigenvalue weighted by atomic mass is 10.1. The number of aryl methyl sites for hydroxylation is 2. The van der Waals surface area contributed by atoms with Crippen LogP contribution in [0.25, 0.3) is 0 Å². The summed E-state index contributed by atoms with van der Waals surface area (Å²) in [7, 11) is 1.42. The summed E-state index contributed by atoms with van der Waals surface area (Å²) in [5, 5.41) is 3.14. The highest BCUT2D eigenvalue weighted by atomic mass is 32.1. The van der Waals surface area contributed by atoms with Crippen LogP contribution in [0.3, 0.4) is 0 Å². The van der Waals surface area contributed by atoms with E-state index in [4.69, 9.17) is 4.74 Å². The third-order valence-electron chi connectivity index (χ3n) is 2.24. The number of ether oxygens (including phenoxy) is 1. The molecular formula is C11H17NO2S. The number of hydrogen-bond donors (Lipinski definition) is 1. The van der Waals surface area contributed by atoms with Gasteiger partial charge in [0, 0.05) is 9.75 Å². The number of rotatable bonds is 4. The zero-order valence-corrected chi connectivity index (χ0v) is 10.4. The first-order valence-electron chi connectivity index (χ1n) is 4.98. The molecule has 84 valence electrons. The Morgan fingerprint density at radius 1 is 1.60 bits per heavy atom. The van der Waals surface area contributed by atoms with E-state index in [1.807, 2.05) is 26.8 Å². The van der Waals surface area contributed by atoms with E-state index in [0.29, 0.717) is 0 Å². The summed E-state index contributed by atoms with van der Waals surface area (Å²) in [4.78, 5) is 14.0. The minimum Gasteiger partial charge on any atom is -0.468 e. The summed E-state index contributed by atoms with van der Waals surface area (Å²) in [5.74, 6) is -0.224. The fourth-order valence-corrected chi connectivity index (χ4v) is 2.54. The van der Waals surface area contributed by atoms with Crippen molar-refractivity contribution >= 4 is 17.3 Å². The lowest BCUT2D eigenvalue weighted by molar-refractivity contribution is -0.143. The van der Waals surface area contributed by atoms with Crippen molar-refractivity contribution in [1.29, 1.82) is 0 Å². The minimum atomic E-state index is -0.329. The summed E-state index contributed by atoms with van der Waals surface area (Å²) in [5.41, 5.74) is 1.03. The van der Waals surface area contributed by atoms with E-state index in [1.54, 1.807) is 11.3 Å². The van der Waals surface area contributed by atoms with Crippen LogP contribution in [0.2, 0.25) is 0 Å². The molecule has 0 bridgehead atoms. The van der Waals surface area contributed by atoms with Gasteiger partial charge < -0.3 is 10.1 Å². The number of likely N-dealkylation sites (N-methyl/N-ethyl adjacent to an activating group) is 1. The number of methoxy groups -OCH3 is 1. The van der Waals surface area contributed by atoms with Crippen LogP contribution in [-0.4, -0.2) is 19.6 Å². The van der Waals surface area contributed by atoms with Gasteiger partial charge in [-0.25, -0.2) is 4.79 Å². The fourth-order valence-electron chi connectivity index (χ4n) is 1.58. The maximum absolute atomic E-state index is 11.6. The standard InChI is InChI=1S/C11H17NO2S/c1-5-12-10(11(13)14-4)9-6-7(2)15-8(9)3/h6,10,12H,5H2,1-4H3. The molecule has 0 aliphatic heterocycles. The molecule has 0 saturated heterocycles. The van der Waals surface area contributed by atoms with Crippen molar-refractivity contribution in [3.05, 3.63) is 21.4 Å². The van der Waals surface area contributed by atoms with Gasteiger partial charge in [0.1, 0.15) is 6.04 Å². The van der Waals surface area contributed by atoms with E-state index in [9.17, 15) is 4.79 Å². The third-order valence-corrected chi connectivity index (χ3v) is 3.22. The number of carbonyl (C=O) groups excluding carboxylic acids is 1. The van der Waals surface area contributed by atoms with Crippen LogP contribution >= 0.6 is 11.3 Å². The van der Waals surface area contributed by atoms with Crippen LogP contribution < -0.4 is 5.32 Å². The predicted molar refractivity (Wildman–Crippen MR) is 62.2 cm³/mol. The highest BCUT2D eigenvalue weighted by Crippen LogP contribution is 2.26. The Morgan fingerprint density at radius 3 is 2.67 bits per heavy atom. The molecule has 1 aromatic heterocycles. The van der Waals surface area contributed by atoms with Crippen LogP contribution in [0.5, 0.6) is 0 Å². The molecule has 1 rings (SSSR count). The number of nitrogens with one attached hydrogen (secondary N) is 1. The first-order chi connectivity index (χ1) is 7.10. The Kier molecular flexibility index (Phi) is 4.29. The first-order valence-corrected chi connectivity index (χ1v) is 5.80. The summed E-state index contributed by atoms with van der Waals surface area (Å²) < 4.78 is 4.79. The lowest BCUT2D eigenvalue weighted by Gasteiger charge is -2.15. The topological polar surface area (TPSA) is 38.3 Å². The molecule has 1 unspecified atom stereocenters. The van der Waals surface area contributed by atoms with Crippen molar-refractivity contribution in [2.24, 2.45) is 0 Å². The zero-order valence-electron chi connectivity index (χ0n) is 9.59. The molecular weight excluding hydrogens is 210 g/mol. The first kappa shape index (κ1) is 12.2. The van der Waals surface area contributed by atoms with Gasteiger partial charge in [0.05, 0.1) is 7.11 Å². The summed E-state index contributed by atoms with van der Waals surface area (Å²) >= 11 is 1.70. The quantitative estimate of drug-likeness (QED) is 0.801. The van der Waals surface area contributed by atoms with Crippen LogP contribution in [0.15, 0.2) is 6.07 Å². The molecule has 0 fully saturated rings. The van der Waals surface area contributed by atoms with Gasteiger partial charge in [0.25, 0.3) is 0 Å². The molecule has 0 aliphatic rings. The molecule has 0 spiro atoms. The molecule has 3 nitrogen and oxygen atoms in total. The second-order valence-corrected chi connectivity index (χ2v) is 4.84. The normalized spacial score (nSPS) is 12.5. The minimum absolute atomic E-state index is 0.224. The molecule has 0 aliphatic carbocycles. The van der Waals surface area contributed by atoms with Gasteiger partial charge in [-0.15, -0.1) is 11.3 Å². The second-order valence-electron chi connectivity index (χ2n) is 3.38. The van der Waals surface area contributed by atoms with Crippen LogP contribution in [0.4, 0.5) is 0 Å². The Bertz CT molecular complexity index is 346. The van der Waals surface area contributed by atoms with Crippen molar-refractivity contribution < 1.29 is 9.53 Å². The van der Waals surface area contributed by atoms with E-state index in [0.717, 1.165) is 12.1 Å². The number of carbonyl (C=O) groups is 1. The average Bonchev–Trinajstić information content (AvgIpc) is 2.53. The second kappa shape index (κ2) is 5.28. The maximum Gasteiger partial charge on any atom is 0.327 e. The van der Waals surface area contributed by atoms with Crippen LogP contribution in [0.1, 0.15) is 28.3 Å². The Morgan fingerprint density at radius 2 is 2.27 bits per heavy atom. The number of esters is 1. The molecule has 0 saturated carbocycles. The summed E-state index contributed by atoms with van der Waals surface area (Å²) in [6.45, 7) is 6.79. The molecule has 15 heavy (non-hydrogen) atoms. The monoisotopic (exact) mass is 227 g/mol. The van der Waals surface area contributed by atoms with Gasteiger partial charge in [-0.3, -0.25) is 0 Å². The van der Waals surface area contributed by atoms with Gasteiger partial charge in [0.15, 0.2) is 0 Å². The molecule has 4 heteroatoms. The van der Waals surface area contributed by atoms with Gasteiger partial charge in [-0.2, -0.15) is 0 Å². The molecule has 1 aromatic rings. The SMILES string of the molecule is CCNC(C(=O)OC)c1cc(C)sc1C. The Labute approximate surface area is 94.5 Å². The van der Waals surface area contributed by atoms with Crippen molar-refractivity contribution in [2.45, 2.75) is 26.8 Å². The van der Waals surface area contributed by atoms with Gasteiger partial charge >= 0.3 is 5.97 Å². The molecule has 1 heterocycles. The fraction of sp³-hybridized carbons (Fsp3) is 0.545. The molecule has 0 aromatic carbocycles. The summed E-state index contributed by atoms with van der Waals surface area (Å²) in [6.07, 6.45) is 0. The molecule has 1 N–H and O–H groups in total. The summed E-state index contributed by atoms with van der Waals surface area (Å²) in [6, 6.07) is 1.72. The number of hydrogen-bond acceptors (Lipinski definition) is 4. The molecule has 1 atom stereocenters. The van der Waals surface area contributed by atoms with Crippen molar-refractivity contribution in [1.82, 2.24) is 5.32 Å². The highest BCUT2D eigenvalue weighted by Gasteiger charge is 2.23. The van der Waals surface area contributed by atoms with Gasteiger partial charge in [-0.05, 0) is 32.0 Å². The van der Waals surface area contributed by atoms with Gasteiger partial charge in [0.2, 0.25) is 0 Å². The van der Waals surface area contributed by atoms with Crippen molar-refractivity contribution in [3.8, 4) is 0 Å². The van der Waals surface area contributed by atoms with E-state index < -0.39 is 0 Å². The maximum atomic E-state index is 11.6.